The van der Waals surface area contributed by atoms with Crippen LogP contribution in [0.5, 0.6) is 0 Å². The highest BCUT2D eigenvalue weighted by atomic mass is 35.5. The van der Waals surface area contributed by atoms with E-state index in [0.29, 0.717) is 5.92 Å². The summed E-state index contributed by atoms with van der Waals surface area (Å²) in [6.07, 6.45) is 2.20. The van der Waals surface area contributed by atoms with Crippen molar-refractivity contribution in [2.75, 3.05) is 13.0 Å². The van der Waals surface area contributed by atoms with Crippen molar-refractivity contribution in [3.63, 3.8) is 0 Å². The van der Waals surface area contributed by atoms with Gasteiger partial charge in [0, 0.05) is 13.0 Å². The molecule has 0 aliphatic heterocycles. The quantitative estimate of drug-likeness (QED) is 0.613. The molecule has 0 fully saturated rings. The fraction of sp³-hybridized carbons (Fsp3) is 1.00. The van der Waals surface area contributed by atoms with Crippen molar-refractivity contribution in [3.05, 3.63) is 0 Å². The summed E-state index contributed by atoms with van der Waals surface area (Å²) in [6.45, 7) is 11.0. The molecule has 0 rings (SSSR count). The summed E-state index contributed by atoms with van der Waals surface area (Å²) in [5, 5.41) is 0. The van der Waals surface area contributed by atoms with E-state index in [2.05, 4.69) is 34.6 Å². The highest BCUT2D eigenvalue weighted by Crippen LogP contribution is 2.40. The lowest BCUT2D eigenvalue weighted by atomic mass is 9.70. The van der Waals surface area contributed by atoms with E-state index in [9.17, 15) is 0 Å². The minimum absolute atomic E-state index is 0.0505. The van der Waals surface area contributed by atoms with Gasteiger partial charge in [-0.15, -0.1) is 11.6 Å². The Kier molecular flexibility index (Phi) is 5.46. The SMILES string of the molecule is CCC(C)(CC(C)(C)OC)C(C)CCl. The van der Waals surface area contributed by atoms with Gasteiger partial charge in [-0.25, -0.2) is 0 Å². The Hall–Kier alpha value is 0.250. The third-order valence-electron chi connectivity index (χ3n) is 3.61. The lowest BCUT2D eigenvalue weighted by Crippen LogP contribution is -2.36. The van der Waals surface area contributed by atoms with Crippen LogP contribution in [-0.2, 0) is 4.74 Å². The van der Waals surface area contributed by atoms with E-state index in [1.165, 1.54) is 0 Å². The van der Waals surface area contributed by atoms with Gasteiger partial charge in [-0.3, -0.25) is 0 Å². The predicted molar refractivity (Wildman–Crippen MR) is 64.0 cm³/mol. The van der Waals surface area contributed by atoms with Gasteiger partial charge in [0.1, 0.15) is 0 Å². The van der Waals surface area contributed by atoms with Crippen molar-refractivity contribution in [1.82, 2.24) is 0 Å². The second kappa shape index (κ2) is 5.37. The second-order valence-electron chi connectivity index (χ2n) is 5.20. The van der Waals surface area contributed by atoms with E-state index in [4.69, 9.17) is 16.3 Å². The van der Waals surface area contributed by atoms with Crippen molar-refractivity contribution in [1.29, 1.82) is 0 Å². The molecule has 2 heteroatoms. The number of halogens is 1. The summed E-state index contributed by atoms with van der Waals surface area (Å²) in [6, 6.07) is 0. The first-order chi connectivity index (χ1) is 6.31. The Balaban J connectivity index is 4.54. The smallest absolute Gasteiger partial charge is 0.0628 e. The van der Waals surface area contributed by atoms with Crippen LogP contribution in [0.15, 0.2) is 0 Å². The molecule has 0 heterocycles. The molecular formula is C12H25ClO. The van der Waals surface area contributed by atoms with Gasteiger partial charge in [-0.1, -0.05) is 27.2 Å². The molecule has 14 heavy (non-hydrogen) atoms. The first-order valence-electron chi connectivity index (χ1n) is 5.42. The molecule has 0 spiro atoms. The Labute approximate surface area is 94.2 Å². The predicted octanol–water partition coefficient (Wildman–Crippen LogP) is 4.09. The van der Waals surface area contributed by atoms with Gasteiger partial charge in [0.2, 0.25) is 0 Å². The minimum Gasteiger partial charge on any atom is -0.379 e. The lowest BCUT2D eigenvalue weighted by molar-refractivity contribution is -0.0289. The number of hydrogen-bond acceptors (Lipinski definition) is 1. The molecule has 0 N–H and O–H groups in total. The molecule has 0 bridgehead atoms. The Morgan fingerprint density at radius 3 is 2.07 bits per heavy atom. The van der Waals surface area contributed by atoms with Gasteiger partial charge in [0.25, 0.3) is 0 Å². The van der Waals surface area contributed by atoms with Gasteiger partial charge in [0.15, 0.2) is 0 Å². The first kappa shape index (κ1) is 14.2. The monoisotopic (exact) mass is 220 g/mol. The van der Waals surface area contributed by atoms with Crippen molar-refractivity contribution in [3.8, 4) is 0 Å². The van der Waals surface area contributed by atoms with Crippen LogP contribution in [0.25, 0.3) is 0 Å². The maximum atomic E-state index is 5.95. The molecule has 0 aromatic heterocycles. The van der Waals surface area contributed by atoms with Gasteiger partial charge in [0.05, 0.1) is 5.60 Å². The van der Waals surface area contributed by atoms with Crippen LogP contribution in [0.4, 0.5) is 0 Å². The molecule has 0 amide bonds. The Bertz CT molecular complexity index is 168. The zero-order valence-corrected chi connectivity index (χ0v) is 11.2. The van der Waals surface area contributed by atoms with Gasteiger partial charge in [-0.2, -0.15) is 0 Å². The van der Waals surface area contributed by atoms with Crippen molar-refractivity contribution in [2.45, 2.75) is 53.1 Å². The summed E-state index contributed by atoms with van der Waals surface area (Å²) in [5.41, 5.74) is 0.229. The zero-order chi connectivity index (χ0) is 11.4. The number of hydrogen-bond donors (Lipinski definition) is 0. The van der Waals surface area contributed by atoms with E-state index in [1.807, 2.05) is 0 Å². The van der Waals surface area contributed by atoms with Crippen molar-refractivity contribution < 1.29 is 4.74 Å². The van der Waals surface area contributed by atoms with Crippen LogP contribution in [0.1, 0.15) is 47.5 Å². The van der Waals surface area contributed by atoms with Gasteiger partial charge < -0.3 is 4.74 Å². The Morgan fingerprint density at radius 1 is 1.29 bits per heavy atom. The molecule has 0 radical (unpaired) electrons. The lowest BCUT2D eigenvalue weighted by Gasteiger charge is -2.40. The average molecular weight is 221 g/mol. The molecule has 0 aliphatic carbocycles. The van der Waals surface area contributed by atoms with E-state index in [-0.39, 0.29) is 11.0 Å². The fourth-order valence-electron chi connectivity index (χ4n) is 1.88. The number of rotatable bonds is 6. The minimum atomic E-state index is -0.0505. The summed E-state index contributed by atoms with van der Waals surface area (Å²) in [5.74, 6) is 1.26. The summed E-state index contributed by atoms with van der Waals surface area (Å²) in [7, 11) is 1.78. The number of alkyl halides is 1. The van der Waals surface area contributed by atoms with Gasteiger partial charge in [-0.05, 0) is 31.6 Å². The summed E-state index contributed by atoms with van der Waals surface area (Å²) >= 11 is 5.95. The number of methoxy groups -OCH3 is 1. The molecular weight excluding hydrogens is 196 g/mol. The van der Waals surface area contributed by atoms with Crippen LogP contribution >= 0.6 is 11.6 Å². The largest absolute Gasteiger partial charge is 0.379 e. The van der Waals surface area contributed by atoms with Crippen LogP contribution in [0.2, 0.25) is 0 Å². The Morgan fingerprint density at radius 2 is 1.79 bits per heavy atom. The highest BCUT2D eigenvalue weighted by molar-refractivity contribution is 6.18. The van der Waals surface area contributed by atoms with E-state index >= 15 is 0 Å². The zero-order valence-electron chi connectivity index (χ0n) is 10.5. The maximum absolute atomic E-state index is 5.95. The van der Waals surface area contributed by atoms with Crippen LogP contribution < -0.4 is 0 Å². The normalized spacial score (nSPS) is 19.1. The molecule has 1 nitrogen and oxygen atoms in total. The topological polar surface area (TPSA) is 9.23 Å². The van der Waals surface area contributed by atoms with Crippen molar-refractivity contribution >= 4 is 11.6 Å². The summed E-state index contributed by atoms with van der Waals surface area (Å²) in [4.78, 5) is 0. The standard InChI is InChI=1S/C12H25ClO/c1-7-12(5,10(2)8-13)9-11(3,4)14-6/h10H,7-9H2,1-6H3. The summed E-state index contributed by atoms with van der Waals surface area (Å²) < 4.78 is 5.49. The molecule has 2 unspecified atom stereocenters. The van der Waals surface area contributed by atoms with Crippen LogP contribution in [0, 0.1) is 11.3 Å². The van der Waals surface area contributed by atoms with Crippen LogP contribution in [0.3, 0.4) is 0 Å². The molecule has 2 atom stereocenters. The third kappa shape index (κ3) is 3.78. The first-order valence-corrected chi connectivity index (χ1v) is 5.96. The van der Waals surface area contributed by atoms with E-state index in [0.717, 1.165) is 18.7 Å². The molecule has 0 aromatic rings. The molecule has 86 valence electrons. The second-order valence-corrected chi connectivity index (χ2v) is 5.51. The van der Waals surface area contributed by atoms with E-state index in [1.54, 1.807) is 7.11 Å². The molecule has 0 aromatic carbocycles. The molecule has 0 saturated carbocycles. The van der Waals surface area contributed by atoms with Crippen LogP contribution in [-0.4, -0.2) is 18.6 Å². The molecule has 0 saturated heterocycles. The average Bonchev–Trinajstić information content (AvgIpc) is 2.15. The third-order valence-corrected chi connectivity index (χ3v) is 4.07. The highest BCUT2D eigenvalue weighted by Gasteiger charge is 2.35. The fourth-order valence-corrected chi connectivity index (χ4v) is 2.25. The van der Waals surface area contributed by atoms with Gasteiger partial charge >= 0.3 is 0 Å². The van der Waals surface area contributed by atoms with Crippen molar-refractivity contribution in [2.24, 2.45) is 11.3 Å². The maximum Gasteiger partial charge on any atom is 0.0628 e. The molecule has 0 aliphatic rings. The van der Waals surface area contributed by atoms with E-state index < -0.39 is 0 Å². The number of ether oxygens (including phenoxy) is 1.